The highest BCUT2D eigenvalue weighted by atomic mass is 32.3. The Labute approximate surface area is 118 Å². The molecule has 0 bridgehead atoms. The highest BCUT2D eigenvalue weighted by Crippen LogP contribution is 2.59. The average Bonchev–Trinajstić information content (AvgIpc) is 2.84. The topological polar surface area (TPSA) is 58.0 Å². The summed E-state index contributed by atoms with van der Waals surface area (Å²) < 4.78 is 4.62. The van der Waals surface area contributed by atoms with Crippen LogP contribution in [0.15, 0.2) is 34.8 Å². The summed E-state index contributed by atoms with van der Waals surface area (Å²) in [5.74, 6) is 0.834. The van der Waals surface area contributed by atoms with E-state index in [1.165, 1.54) is 23.5 Å². The lowest BCUT2D eigenvalue weighted by Crippen LogP contribution is -2.04. The second kappa shape index (κ2) is 5.84. The molecule has 4 nitrogen and oxygen atoms in total. The van der Waals surface area contributed by atoms with Gasteiger partial charge in [-0.2, -0.15) is 0 Å². The van der Waals surface area contributed by atoms with E-state index in [1.807, 2.05) is 35.9 Å². The van der Waals surface area contributed by atoms with Gasteiger partial charge in [-0.1, -0.05) is 40.8 Å². The minimum Gasteiger partial charge on any atom is -0.497 e. The fourth-order valence-electron chi connectivity index (χ4n) is 1.43. The Bertz CT molecular complexity index is 511. The molecule has 1 atom stereocenters. The lowest BCUT2D eigenvalue weighted by atomic mass is 10.2. The van der Waals surface area contributed by atoms with Crippen molar-refractivity contribution in [1.29, 1.82) is 0 Å². The Balaban J connectivity index is 2.18. The van der Waals surface area contributed by atoms with E-state index in [-0.39, 0.29) is 0 Å². The van der Waals surface area contributed by atoms with Crippen LogP contribution in [0.4, 0.5) is 0 Å². The lowest BCUT2D eigenvalue weighted by Gasteiger charge is -2.18. The number of rotatable bonds is 4. The van der Waals surface area contributed by atoms with E-state index in [9.17, 15) is 0 Å². The van der Waals surface area contributed by atoms with Gasteiger partial charge in [0.2, 0.25) is 0 Å². The number of methoxy groups -OCH3 is 1. The molecule has 18 heavy (non-hydrogen) atoms. The molecule has 1 aliphatic rings. The van der Waals surface area contributed by atoms with Crippen LogP contribution < -0.4 is 4.74 Å². The Morgan fingerprint density at radius 1 is 1.39 bits per heavy atom. The fourth-order valence-corrected chi connectivity index (χ4v) is 4.70. The van der Waals surface area contributed by atoms with Crippen molar-refractivity contribution in [3.63, 3.8) is 0 Å². The first-order chi connectivity index (χ1) is 8.73. The zero-order valence-electron chi connectivity index (χ0n) is 9.86. The Morgan fingerprint density at radius 3 is 2.67 bits per heavy atom. The third kappa shape index (κ3) is 2.75. The van der Waals surface area contributed by atoms with Gasteiger partial charge in [-0.05, 0) is 34.9 Å². The molecule has 0 spiro atoms. The first kappa shape index (κ1) is 13.5. The van der Waals surface area contributed by atoms with Crippen molar-refractivity contribution >= 4 is 40.2 Å². The number of hydrogen-bond acceptors (Lipinski definition) is 5. The number of hydrogen-bond donors (Lipinski definition) is 0. The molecule has 0 aliphatic carbocycles. The number of azide groups is 1. The van der Waals surface area contributed by atoms with Gasteiger partial charge >= 0.3 is 0 Å². The van der Waals surface area contributed by atoms with Crippen LogP contribution in [0.3, 0.4) is 0 Å². The van der Waals surface area contributed by atoms with Crippen molar-refractivity contribution in [3.8, 4) is 5.75 Å². The van der Waals surface area contributed by atoms with Gasteiger partial charge in [0.15, 0.2) is 3.54 Å². The van der Waals surface area contributed by atoms with E-state index in [0.29, 0.717) is 0 Å². The maximum Gasteiger partial charge on any atom is 0.194 e. The monoisotopic (exact) mass is 297 g/mol. The van der Waals surface area contributed by atoms with Gasteiger partial charge in [0.1, 0.15) is 5.75 Å². The molecule has 0 amide bonds. The van der Waals surface area contributed by atoms with E-state index < -0.39 is 3.54 Å². The second-order valence-corrected chi connectivity index (χ2v) is 7.42. The van der Waals surface area contributed by atoms with Crippen molar-refractivity contribution in [2.75, 3.05) is 13.4 Å². The molecule has 2 rings (SSSR count). The molecule has 1 heterocycles. The van der Waals surface area contributed by atoms with E-state index in [2.05, 4.69) is 10.0 Å². The van der Waals surface area contributed by atoms with Crippen LogP contribution in [-0.4, -0.2) is 16.9 Å². The molecular formula is C11H11N3OS3. The zero-order chi connectivity index (χ0) is 13.0. The molecule has 0 radical (unpaired) electrons. The van der Waals surface area contributed by atoms with E-state index in [1.54, 1.807) is 18.9 Å². The molecule has 1 aromatic carbocycles. The van der Waals surface area contributed by atoms with Crippen LogP contribution in [0.5, 0.6) is 5.75 Å². The lowest BCUT2D eigenvalue weighted by molar-refractivity contribution is 0.415. The van der Waals surface area contributed by atoms with Crippen LogP contribution >= 0.6 is 35.3 Å². The number of thioether (sulfide) groups is 3. The Morgan fingerprint density at radius 2 is 2.11 bits per heavy atom. The summed E-state index contributed by atoms with van der Waals surface area (Å²) in [6, 6.07) is 7.86. The van der Waals surface area contributed by atoms with Crippen molar-refractivity contribution in [2.45, 2.75) is 3.54 Å². The highest BCUT2D eigenvalue weighted by Gasteiger charge is 2.35. The molecule has 0 saturated carbocycles. The Kier molecular flexibility index (Phi) is 4.40. The molecule has 0 N–H and O–H groups in total. The first-order valence-electron chi connectivity index (χ1n) is 5.06. The molecule has 1 unspecified atom stereocenters. The number of nitrogens with zero attached hydrogens (tertiary/aromatic N) is 3. The van der Waals surface area contributed by atoms with Gasteiger partial charge in [-0.25, -0.2) is 0 Å². The van der Waals surface area contributed by atoms with Crippen molar-refractivity contribution < 1.29 is 4.74 Å². The largest absolute Gasteiger partial charge is 0.497 e. The Hall–Kier alpha value is -0.880. The standard InChI is InChI=1S/C11H11N3OS3/c1-15-9-5-3-8(4-6-9)10-7-17-11(16-2,18-10)13-14-12/h3-7H,1-2H3. The summed E-state index contributed by atoms with van der Waals surface area (Å²) in [5, 5.41) is 5.92. The molecule has 0 saturated heterocycles. The van der Waals surface area contributed by atoms with Gasteiger partial charge in [0, 0.05) is 9.82 Å². The van der Waals surface area contributed by atoms with Crippen LogP contribution in [0.2, 0.25) is 0 Å². The van der Waals surface area contributed by atoms with Crippen LogP contribution in [-0.2, 0) is 0 Å². The minimum absolute atomic E-state index is 0.510. The summed E-state index contributed by atoms with van der Waals surface area (Å²) in [6.45, 7) is 0. The summed E-state index contributed by atoms with van der Waals surface area (Å²) in [4.78, 5) is 4.04. The van der Waals surface area contributed by atoms with Gasteiger partial charge in [0.25, 0.3) is 0 Å². The molecule has 0 aromatic heterocycles. The SMILES string of the molecule is COc1ccc(C2=CSC(N=[N+]=[N-])(SC)S2)cc1. The maximum atomic E-state index is 8.63. The normalized spacial score (nSPS) is 22.2. The van der Waals surface area contributed by atoms with Crippen LogP contribution in [0.25, 0.3) is 15.3 Å². The predicted molar refractivity (Wildman–Crippen MR) is 81.5 cm³/mol. The molecule has 1 aromatic rings. The maximum absolute atomic E-state index is 8.63. The fraction of sp³-hybridized carbons (Fsp3) is 0.273. The first-order valence-corrected chi connectivity index (χ1v) is 7.98. The van der Waals surface area contributed by atoms with Gasteiger partial charge in [0.05, 0.1) is 7.11 Å². The average molecular weight is 297 g/mol. The van der Waals surface area contributed by atoms with Crippen LogP contribution in [0, 0.1) is 0 Å². The van der Waals surface area contributed by atoms with Gasteiger partial charge < -0.3 is 4.74 Å². The molecule has 0 fully saturated rings. The van der Waals surface area contributed by atoms with Crippen molar-refractivity contribution in [2.24, 2.45) is 5.11 Å². The predicted octanol–water partition coefficient (Wildman–Crippen LogP) is 4.76. The van der Waals surface area contributed by atoms with E-state index >= 15 is 0 Å². The third-order valence-corrected chi connectivity index (χ3v) is 6.82. The molecule has 7 heteroatoms. The molecule has 1 aliphatic heterocycles. The summed E-state index contributed by atoms with van der Waals surface area (Å²) in [5.41, 5.74) is 9.74. The molecule has 94 valence electrons. The highest BCUT2D eigenvalue weighted by molar-refractivity contribution is 8.39. The van der Waals surface area contributed by atoms with Crippen molar-refractivity contribution in [3.05, 3.63) is 45.7 Å². The summed E-state index contributed by atoms with van der Waals surface area (Å²) >= 11 is 4.65. The quantitative estimate of drug-likeness (QED) is 0.457. The van der Waals surface area contributed by atoms with Gasteiger partial charge in [-0.15, -0.1) is 11.8 Å². The summed E-state index contributed by atoms with van der Waals surface area (Å²) in [6.07, 6.45) is 1.94. The second-order valence-electron chi connectivity index (χ2n) is 3.35. The van der Waals surface area contributed by atoms with Crippen molar-refractivity contribution in [1.82, 2.24) is 0 Å². The van der Waals surface area contributed by atoms with E-state index in [0.717, 1.165) is 16.2 Å². The number of ether oxygens (including phenoxy) is 1. The van der Waals surface area contributed by atoms with Gasteiger partial charge in [-0.3, -0.25) is 0 Å². The summed E-state index contributed by atoms with van der Waals surface area (Å²) in [7, 11) is 1.65. The molecular weight excluding hydrogens is 286 g/mol. The smallest absolute Gasteiger partial charge is 0.194 e. The van der Waals surface area contributed by atoms with E-state index in [4.69, 9.17) is 10.3 Å². The third-order valence-electron chi connectivity index (χ3n) is 2.35. The van der Waals surface area contributed by atoms with Crippen LogP contribution in [0.1, 0.15) is 5.56 Å². The minimum atomic E-state index is -0.510. The number of benzene rings is 1. The zero-order valence-corrected chi connectivity index (χ0v) is 12.3.